The van der Waals surface area contributed by atoms with Crippen LogP contribution in [0.2, 0.25) is 5.02 Å². The zero-order valence-corrected chi connectivity index (χ0v) is 10.3. The summed E-state index contributed by atoms with van der Waals surface area (Å²) in [4.78, 5) is 18.9. The molecule has 0 aliphatic rings. The first-order valence-electron chi connectivity index (χ1n) is 5.15. The van der Waals surface area contributed by atoms with Gasteiger partial charge in [0.25, 0.3) is 0 Å². The summed E-state index contributed by atoms with van der Waals surface area (Å²) < 4.78 is 0. The Hall–Kier alpha value is -2.14. The van der Waals surface area contributed by atoms with E-state index in [1.54, 1.807) is 18.5 Å². The molecule has 1 aromatic heterocycles. The van der Waals surface area contributed by atoms with Gasteiger partial charge >= 0.3 is 5.97 Å². The molecule has 92 valence electrons. The minimum Gasteiger partial charge on any atom is -0.478 e. The molecule has 0 aliphatic heterocycles. The zero-order chi connectivity index (χ0) is 13.1. The smallest absolute Gasteiger partial charge is 0.335 e. The van der Waals surface area contributed by atoms with Gasteiger partial charge in [-0.25, -0.2) is 14.8 Å². The van der Waals surface area contributed by atoms with Gasteiger partial charge in [-0.05, 0) is 30.7 Å². The van der Waals surface area contributed by atoms with Crippen LogP contribution in [0.5, 0.6) is 0 Å². The Morgan fingerprint density at radius 1 is 1.33 bits per heavy atom. The van der Waals surface area contributed by atoms with Crippen molar-refractivity contribution in [2.24, 2.45) is 0 Å². The minimum atomic E-state index is -1.02. The van der Waals surface area contributed by atoms with Crippen molar-refractivity contribution in [3.05, 3.63) is 46.7 Å². The summed E-state index contributed by atoms with van der Waals surface area (Å²) >= 11 is 5.97. The molecule has 2 rings (SSSR count). The van der Waals surface area contributed by atoms with E-state index < -0.39 is 5.97 Å². The predicted molar refractivity (Wildman–Crippen MR) is 68.5 cm³/mol. The van der Waals surface area contributed by atoms with Gasteiger partial charge in [0.1, 0.15) is 0 Å². The number of nitrogens with one attached hydrogen (secondary N) is 1. The average molecular weight is 264 g/mol. The van der Waals surface area contributed by atoms with Crippen LogP contribution in [0.3, 0.4) is 0 Å². The van der Waals surface area contributed by atoms with Gasteiger partial charge in [-0.3, -0.25) is 0 Å². The van der Waals surface area contributed by atoms with Crippen molar-refractivity contribution in [1.82, 2.24) is 9.97 Å². The zero-order valence-electron chi connectivity index (χ0n) is 9.51. The molecule has 0 spiro atoms. The van der Waals surface area contributed by atoms with Crippen molar-refractivity contribution in [2.75, 3.05) is 5.32 Å². The van der Waals surface area contributed by atoms with Gasteiger partial charge in [0, 0.05) is 12.4 Å². The molecule has 2 N–H and O–H groups in total. The SMILES string of the molecule is Cc1cnc(Nc2ccc(C(=O)O)cc2Cl)nc1. The maximum absolute atomic E-state index is 10.8. The highest BCUT2D eigenvalue weighted by atomic mass is 35.5. The number of aryl methyl sites for hydroxylation is 1. The summed E-state index contributed by atoms with van der Waals surface area (Å²) in [5.41, 5.74) is 1.65. The van der Waals surface area contributed by atoms with Crippen LogP contribution in [0.15, 0.2) is 30.6 Å². The van der Waals surface area contributed by atoms with Gasteiger partial charge < -0.3 is 10.4 Å². The number of rotatable bonds is 3. The second-order valence-electron chi connectivity index (χ2n) is 3.71. The predicted octanol–water partition coefficient (Wildman–Crippen LogP) is 2.88. The van der Waals surface area contributed by atoms with Crippen molar-refractivity contribution in [3.63, 3.8) is 0 Å². The molecule has 1 heterocycles. The summed E-state index contributed by atoms with van der Waals surface area (Å²) in [5, 5.41) is 12.0. The molecule has 0 unspecified atom stereocenters. The van der Waals surface area contributed by atoms with E-state index in [0.717, 1.165) is 5.56 Å². The number of nitrogens with zero attached hydrogens (tertiary/aromatic N) is 2. The molecule has 0 aliphatic carbocycles. The number of aromatic carboxylic acids is 1. The highest BCUT2D eigenvalue weighted by molar-refractivity contribution is 6.33. The van der Waals surface area contributed by atoms with E-state index in [4.69, 9.17) is 16.7 Å². The Kier molecular flexibility index (Phi) is 3.43. The van der Waals surface area contributed by atoms with Gasteiger partial charge in [-0.1, -0.05) is 11.6 Å². The van der Waals surface area contributed by atoms with Crippen LogP contribution in [-0.4, -0.2) is 21.0 Å². The number of anilines is 2. The Morgan fingerprint density at radius 3 is 2.56 bits per heavy atom. The van der Waals surface area contributed by atoms with E-state index >= 15 is 0 Å². The van der Waals surface area contributed by atoms with Gasteiger partial charge in [-0.2, -0.15) is 0 Å². The fraction of sp³-hybridized carbons (Fsp3) is 0.0833. The summed E-state index contributed by atoms with van der Waals surface area (Å²) in [5.74, 6) is -0.611. The van der Waals surface area contributed by atoms with Gasteiger partial charge in [0.15, 0.2) is 0 Å². The number of carboxylic acids is 1. The van der Waals surface area contributed by atoms with Gasteiger partial charge in [0.05, 0.1) is 16.3 Å². The quantitative estimate of drug-likeness (QED) is 0.891. The standard InChI is InChI=1S/C12H10ClN3O2/c1-7-5-14-12(15-6-7)16-10-3-2-8(11(17)18)4-9(10)13/h2-6H,1H3,(H,17,18)(H,14,15,16). The largest absolute Gasteiger partial charge is 0.478 e. The third-order valence-electron chi connectivity index (χ3n) is 2.24. The van der Waals surface area contributed by atoms with Crippen LogP contribution in [0.1, 0.15) is 15.9 Å². The Morgan fingerprint density at radius 2 is 2.00 bits per heavy atom. The van der Waals surface area contributed by atoms with Gasteiger partial charge in [0.2, 0.25) is 5.95 Å². The van der Waals surface area contributed by atoms with Crippen molar-refractivity contribution in [1.29, 1.82) is 0 Å². The van der Waals surface area contributed by atoms with Crippen molar-refractivity contribution >= 4 is 29.2 Å². The number of aromatic nitrogens is 2. The van der Waals surface area contributed by atoms with E-state index in [1.165, 1.54) is 12.1 Å². The third-order valence-corrected chi connectivity index (χ3v) is 2.56. The topological polar surface area (TPSA) is 75.1 Å². The normalized spacial score (nSPS) is 10.1. The first-order chi connectivity index (χ1) is 8.56. The molecule has 6 heteroatoms. The summed E-state index contributed by atoms with van der Waals surface area (Å²) in [6, 6.07) is 4.42. The molecule has 0 saturated heterocycles. The molecule has 1 aromatic carbocycles. The highest BCUT2D eigenvalue weighted by Crippen LogP contribution is 2.25. The van der Waals surface area contributed by atoms with E-state index in [1.807, 2.05) is 6.92 Å². The number of hydrogen-bond donors (Lipinski definition) is 2. The number of carboxylic acid groups (broad SMARTS) is 1. The number of benzene rings is 1. The van der Waals surface area contributed by atoms with Crippen LogP contribution < -0.4 is 5.32 Å². The van der Waals surface area contributed by atoms with Crippen LogP contribution in [0.25, 0.3) is 0 Å². The molecular weight excluding hydrogens is 254 g/mol. The summed E-state index contributed by atoms with van der Waals surface area (Å²) in [6.07, 6.45) is 3.35. The van der Waals surface area contributed by atoms with Gasteiger partial charge in [-0.15, -0.1) is 0 Å². The molecule has 2 aromatic rings. The lowest BCUT2D eigenvalue weighted by molar-refractivity contribution is 0.0697. The second kappa shape index (κ2) is 5.01. The van der Waals surface area contributed by atoms with E-state index in [2.05, 4.69) is 15.3 Å². The van der Waals surface area contributed by atoms with E-state index in [-0.39, 0.29) is 5.56 Å². The minimum absolute atomic E-state index is 0.135. The average Bonchev–Trinajstić information content (AvgIpc) is 2.34. The Balaban J connectivity index is 2.24. The first kappa shape index (κ1) is 12.3. The van der Waals surface area contributed by atoms with Crippen molar-refractivity contribution < 1.29 is 9.90 Å². The number of hydrogen-bond acceptors (Lipinski definition) is 4. The Bertz CT molecular complexity index is 584. The van der Waals surface area contributed by atoms with Crippen LogP contribution >= 0.6 is 11.6 Å². The molecule has 0 amide bonds. The number of carbonyl (C=O) groups is 1. The lowest BCUT2D eigenvalue weighted by Gasteiger charge is -2.07. The van der Waals surface area contributed by atoms with Crippen LogP contribution in [-0.2, 0) is 0 Å². The molecule has 0 bridgehead atoms. The molecule has 0 saturated carbocycles. The fourth-order valence-corrected chi connectivity index (χ4v) is 1.55. The fourth-order valence-electron chi connectivity index (χ4n) is 1.33. The monoisotopic (exact) mass is 263 g/mol. The maximum Gasteiger partial charge on any atom is 0.335 e. The summed E-state index contributed by atoms with van der Waals surface area (Å²) in [6.45, 7) is 1.89. The molecule has 0 radical (unpaired) electrons. The number of halogens is 1. The van der Waals surface area contributed by atoms with Crippen LogP contribution in [0.4, 0.5) is 11.6 Å². The third kappa shape index (κ3) is 2.75. The molecule has 18 heavy (non-hydrogen) atoms. The molecule has 5 nitrogen and oxygen atoms in total. The summed E-state index contributed by atoms with van der Waals surface area (Å²) in [7, 11) is 0. The van der Waals surface area contributed by atoms with Crippen molar-refractivity contribution in [2.45, 2.75) is 6.92 Å². The lowest BCUT2D eigenvalue weighted by Crippen LogP contribution is -2.00. The molecule has 0 fully saturated rings. The van der Waals surface area contributed by atoms with E-state index in [9.17, 15) is 4.79 Å². The second-order valence-corrected chi connectivity index (χ2v) is 4.12. The maximum atomic E-state index is 10.8. The van der Waals surface area contributed by atoms with E-state index in [0.29, 0.717) is 16.7 Å². The van der Waals surface area contributed by atoms with Crippen LogP contribution in [0, 0.1) is 6.92 Å². The highest BCUT2D eigenvalue weighted by Gasteiger charge is 2.07. The lowest BCUT2D eigenvalue weighted by atomic mass is 10.2. The molecule has 0 atom stereocenters. The Labute approximate surface area is 108 Å². The van der Waals surface area contributed by atoms with Crippen molar-refractivity contribution in [3.8, 4) is 0 Å². The first-order valence-corrected chi connectivity index (χ1v) is 5.52. The molecular formula is C12H10ClN3O2.